The first-order valence-electron chi connectivity index (χ1n) is 11.0. The Morgan fingerprint density at radius 1 is 1.18 bits per heavy atom. The summed E-state index contributed by atoms with van der Waals surface area (Å²) in [5.41, 5.74) is 1.81. The minimum Gasteiger partial charge on any atom is -0.478 e. The van der Waals surface area contributed by atoms with Gasteiger partial charge in [0.15, 0.2) is 0 Å². The predicted octanol–water partition coefficient (Wildman–Crippen LogP) is 3.48. The summed E-state index contributed by atoms with van der Waals surface area (Å²) >= 11 is 0. The van der Waals surface area contributed by atoms with Crippen molar-refractivity contribution >= 4 is 5.97 Å². The molecule has 33 heavy (non-hydrogen) atoms. The van der Waals surface area contributed by atoms with Crippen LogP contribution in [-0.2, 0) is 6.54 Å². The number of hydrogen-bond acceptors (Lipinski definition) is 5. The zero-order chi connectivity index (χ0) is 23.5. The van der Waals surface area contributed by atoms with Crippen LogP contribution in [-0.4, -0.2) is 38.6 Å². The van der Waals surface area contributed by atoms with Gasteiger partial charge in [-0.3, -0.25) is 19.2 Å². The molecule has 1 aliphatic rings. The van der Waals surface area contributed by atoms with E-state index in [1.807, 2.05) is 25.1 Å². The zero-order valence-corrected chi connectivity index (χ0v) is 18.7. The lowest BCUT2D eigenvalue weighted by Gasteiger charge is -2.33. The molecule has 2 aromatic carbocycles. The van der Waals surface area contributed by atoms with Crippen LogP contribution in [0.4, 0.5) is 0 Å². The third-order valence-corrected chi connectivity index (χ3v) is 5.92. The molecule has 0 radical (unpaired) electrons. The van der Waals surface area contributed by atoms with Crippen molar-refractivity contribution < 1.29 is 14.6 Å². The van der Waals surface area contributed by atoms with E-state index in [4.69, 9.17) is 4.74 Å². The van der Waals surface area contributed by atoms with Gasteiger partial charge >= 0.3 is 11.7 Å². The molecule has 1 fully saturated rings. The molecule has 0 bridgehead atoms. The van der Waals surface area contributed by atoms with Gasteiger partial charge in [0.1, 0.15) is 17.1 Å². The van der Waals surface area contributed by atoms with Crippen LogP contribution in [0.1, 0.15) is 45.9 Å². The Hall–Kier alpha value is -3.65. The molecule has 172 valence electrons. The molecule has 2 heterocycles. The van der Waals surface area contributed by atoms with E-state index < -0.39 is 11.7 Å². The van der Waals surface area contributed by atoms with E-state index in [9.17, 15) is 19.5 Å². The van der Waals surface area contributed by atoms with E-state index in [2.05, 4.69) is 9.88 Å². The highest BCUT2D eigenvalue weighted by Crippen LogP contribution is 2.29. The molecular formula is C25H27N3O5. The van der Waals surface area contributed by atoms with Gasteiger partial charge in [0.2, 0.25) is 0 Å². The zero-order valence-electron chi connectivity index (χ0n) is 18.7. The van der Waals surface area contributed by atoms with Crippen molar-refractivity contribution in [2.75, 3.05) is 13.1 Å². The van der Waals surface area contributed by atoms with Gasteiger partial charge < -0.3 is 9.84 Å². The first-order chi connectivity index (χ1) is 15.8. The molecule has 0 amide bonds. The van der Waals surface area contributed by atoms with Gasteiger partial charge in [0, 0.05) is 24.8 Å². The maximum absolute atomic E-state index is 12.3. The molecule has 1 aliphatic heterocycles. The molecule has 0 saturated carbocycles. The first kappa shape index (κ1) is 22.5. The van der Waals surface area contributed by atoms with Gasteiger partial charge in [-0.1, -0.05) is 18.2 Å². The van der Waals surface area contributed by atoms with Crippen molar-refractivity contribution in [1.82, 2.24) is 14.5 Å². The minimum absolute atomic E-state index is 0.0388. The number of aromatic carboxylic acids is 1. The van der Waals surface area contributed by atoms with Crippen LogP contribution in [0.25, 0.3) is 0 Å². The molecule has 1 atom stereocenters. The van der Waals surface area contributed by atoms with Crippen LogP contribution in [0, 0.1) is 13.8 Å². The van der Waals surface area contributed by atoms with Crippen LogP contribution < -0.4 is 16.0 Å². The van der Waals surface area contributed by atoms with E-state index in [0.29, 0.717) is 30.2 Å². The Labute approximate surface area is 191 Å². The predicted molar refractivity (Wildman–Crippen MR) is 124 cm³/mol. The van der Waals surface area contributed by atoms with Crippen LogP contribution in [0.3, 0.4) is 0 Å². The average molecular weight is 450 g/mol. The third-order valence-electron chi connectivity index (χ3n) is 5.92. The van der Waals surface area contributed by atoms with E-state index in [0.717, 1.165) is 30.5 Å². The number of carboxylic acids is 1. The second kappa shape index (κ2) is 9.46. The van der Waals surface area contributed by atoms with Crippen molar-refractivity contribution in [2.45, 2.75) is 39.3 Å². The molecule has 8 nitrogen and oxygen atoms in total. The largest absolute Gasteiger partial charge is 0.478 e. The van der Waals surface area contributed by atoms with E-state index >= 15 is 0 Å². The fraction of sp³-hybridized carbons (Fsp3) is 0.320. The quantitative estimate of drug-likeness (QED) is 0.597. The molecule has 0 aliphatic carbocycles. The summed E-state index contributed by atoms with van der Waals surface area (Å²) in [5.74, 6) is -0.165. The van der Waals surface area contributed by atoms with Crippen molar-refractivity contribution in [2.24, 2.45) is 0 Å². The second-order valence-corrected chi connectivity index (χ2v) is 8.56. The summed E-state index contributed by atoms with van der Waals surface area (Å²) in [4.78, 5) is 40.3. The molecule has 0 spiro atoms. The Kier molecular flexibility index (Phi) is 6.46. The third kappa shape index (κ3) is 5.23. The number of piperidine rings is 1. The number of nitrogens with zero attached hydrogens (tertiary/aromatic N) is 2. The number of carbonyl (C=O) groups is 1. The van der Waals surface area contributed by atoms with E-state index in [1.165, 1.54) is 0 Å². The summed E-state index contributed by atoms with van der Waals surface area (Å²) in [6, 6.07) is 12.6. The number of nitrogens with one attached hydrogen (secondary N) is 1. The van der Waals surface area contributed by atoms with E-state index in [1.54, 1.807) is 42.0 Å². The molecular weight excluding hydrogens is 422 g/mol. The molecule has 3 aromatic rings. The van der Waals surface area contributed by atoms with Crippen LogP contribution in [0.5, 0.6) is 11.5 Å². The molecule has 4 rings (SSSR count). The van der Waals surface area contributed by atoms with Crippen LogP contribution in [0.15, 0.2) is 58.3 Å². The van der Waals surface area contributed by atoms with Crippen molar-refractivity contribution in [3.8, 4) is 11.5 Å². The highest BCUT2D eigenvalue weighted by atomic mass is 16.5. The van der Waals surface area contributed by atoms with Gasteiger partial charge in [-0.05, 0) is 68.6 Å². The van der Waals surface area contributed by atoms with Crippen molar-refractivity contribution in [3.63, 3.8) is 0 Å². The van der Waals surface area contributed by atoms with Crippen LogP contribution >= 0.6 is 0 Å². The van der Waals surface area contributed by atoms with Gasteiger partial charge in [0.05, 0.1) is 6.04 Å². The van der Waals surface area contributed by atoms with Crippen molar-refractivity contribution in [1.29, 1.82) is 0 Å². The summed E-state index contributed by atoms with van der Waals surface area (Å²) in [5, 5.41) is 9.59. The summed E-state index contributed by atoms with van der Waals surface area (Å²) in [6.45, 7) is 5.75. The lowest BCUT2D eigenvalue weighted by Crippen LogP contribution is -2.41. The fourth-order valence-electron chi connectivity index (χ4n) is 4.25. The van der Waals surface area contributed by atoms with Gasteiger partial charge in [-0.15, -0.1) is 0 Å². The molecule has 0 unspecified atom stereocenters. The summed E-state index contributed by atoms with van der Waals surface area (Å²) in [7, 11) is 0. The normalized spacial score (nSPS) is 16.5. The highest BCUT2D eigenvalue weighted by molar-refractivity contribution is 5.91. The first-order valence-corrected chi connectivity index (χ1v) is 11.0. The van der Waals surface area contributed by atoms with Crippen LogP contribution in [0.2, 0.25) is 0 Å². The molecule has 8 heteroatoms. The number of hydrogen-bond donors (Lipinski definition) is 2. The molecule has 1 aromatic heterocycles. The van der Waals surface area contributed by atoms with Gasteiger partial charge in [-0.2, -0.15) is 0 Å². The number of aryl methyl sites for hydroxylation is 2. The highest BCUT2D eigenvalue weighted by Gasteiger charge is 2.23. The minimum atomic E-state index is -1.05. The number of ether oxygens (including phenoxy) is 1. The maximum Gasteiger partial charge on any atom is 0.339 e. The lowest BCUT2D eigenvalue weighted by atomic mass is 10.0. The Morgan fingerprint density at radius 2 is 2.00 bits per heavy atom. The van der Waals surface area contributed by atoms with Crippen molar-refractivity contribution in [3.05, 3.63) is 91.8 Å². The Bertz CT molecular complexity index is 1290. The number of H-pyrrole nitrogens is 1. The number of aromatic amines is 1. The van der Waals surface area contributed by atoms with Gasteiger partial charge in [-0.25, -0.2) is 9.59 Å². The number of likely N-dealkylation sites (tertiary alicyclic amines) is 1. The Morgan fingerprint density at radius 3 is 2.76 bits per heavy atom. The molecule has 1 saturated heterocycles. The molecule has 2 N–H and O–H groups in total. The topological polar surface area (TPSA) is 105 Å². The SMILES string of the molecule is Cc1cccc(Oc2cc(CN3CCC[C@H](n4cc(C)c(=O)[nH]c4=O)C3)ccc2C(=O)O)c1. The number of carboxylic acid groups (broad SMARTS) is 1. The summed E-state index contributed by atoms with van der Waals surface area (Å²) < 4.78 is 7.55. The van der Waals surface area contributed by atoms with Gasteiger partial charge in [0.25, 0.3) is 5.56 Å². The van der Waals surface area contributed by atoms with E-state index in [-0.39, 0.29) is 17.2 Å². The Balaban J connectivity index is 1.55. The lowest BCUT2D eigenvalue weighted by molar-refractivity contribution is 0.0694. The standard InChI is InChI=1S/C25H27N3O5/c1-16-5-3-7-20(11-16)33-22-12-18(8-9-21(22)24(30)31)14-27-10-4-6-19(15-27)28-13-17(2)23(29)26-25(28)32/h3,5,7-9,11-13,19H,4,6,10,14-15H2,1-2H3,(H,30,31)(H,26,29,32)/t19-/m0/s1. The fourth-order valence-corrected chi connectivity index (χ4v) is 4.25. The second-order valence-electron chi connectivity index (χ2n) is 8.56. The smallest absolute Gasteiger partial charge is 0.339 e. The maximum atomic E-state index is 12.3. The monoisotopic (exact) mass is 449 g/mol. The summed E-state index contributed by atoms with van der Waals surface area (Å²) in [6.07, 6.45) is 3.39. The number of aromatic nitrogens is 2. The average Bonchev–Trinajstić information content (AvgIpc) is 2.76. The number of rotatable bonds is 6. The number of benzene rings is 2.